The summed E-state index contributed by atoms with van der Waals surface area (Å²) < 4.78 is 16.1. The van der Waals surface area contributed by atoms with Gasteiger partial charge in [-0.15, -0.1) is 0 Å². The minimum Gasteiger partial charge on any atom is -0.493 e. The summed E-state index contributed by atoms with van der Waals surface area (Å²) in [7, 11) is 1.54. The lowest BCUT2D eigenvalue weighted by molar-refractivity contribution is -0.142. The highest BCUT2D eigenvalue weighted by Crippen LogP contribution is 2.30. The van der Waals surface area contributed by atoms with Crippen molar-refractivity contribution in [3.63, 3.8) is 0 Å². The summed E-state index contributed by atoms with van der Waals surface area (Å²) in [4.78, 5) is 14.0. The third-order valence-electron chi connectivity index (χ3n) is 3.16. The number of rotatable bonds is 4. The summed E-state index contributed by atoms with van der Waals surface area (Å²) in [6.45, 7) is 4.08. The summed E-state index contributed by atoms with van der Waals surface area (Å²) in [6, 6.07) is 5.09. The molecule has 1 aromatic rings. The summed E-state index contributed by atoms with van der Waals surface area (Å²) in [5.74, 6) is 0.981. The number of morpholine rings is 1. The van der Waals surface area contributed by atoms with Crippen molar-refractivity contribution in [1.82, 2.24) is 4.90 Å². The molecule has 0 bridgehead atoms. The van der Waals surface area contributed by atoms with Gasteiger partial charge >= 0.3 is 0 Å². The first-order valence-electron chi connectivity index (χ1n) is 6.58. The molecule has 0 saturated carbocycles. The van der Waals surface area contributed by atoms with Crippen LogP contribution >= 0.6 is 0 Å². The molecule has 20 heavy (non-hydrogen) atoms. The average molecular weight is 280 g/mol. The first-order chi connectivity index (χ1) is 9.61. The minimum absolute atomic E-state index is 0.0489. The lowest BCUT2D eigenvalue weighted by Crippen LogP contribution is -2.46. The van der Waals surface area contributed by atoms with Crippen LogP contribution in [0.1, 0.15) is 6.92 Å². The second kappa shape index (κ2) is 6.47. The third-order valence-corrected chi connectivity index (χ3v) is 3.16. The first kappa shape index (κ1) is 14.5. The number of hydrogen-bond acceptors (Lipinski definition) is 5. The van der Waals surface area contributed by atoms with E-state index >= 15 is 0 Å². The van der Waals surface area contributed by atoms with Crippen molar-refractivity contribution in [1.29, 1.82) is 0 Å². The number of nitrogen functional groups attached to an aromatic ring is 1. The zero-order valence-electron chi connectivity index (χ0n) is 11.8. The molecule has 0 aliphatic carbocycles. The topological polar surface area (TPSA) is 74.0 Å². The smallest absolute Gasteiger partial charge is 0.263 e. The molecule has 1 atom stereocenters. The summed E-state index contributed by atoms with van der Waals surface area (Å²) >= 11 is 0. The fourth-order valence-electron chi connectivity index (χ4n) is 2.06. The predicted octanol–water partition coefficient (Wildman–Crippen LogP) is 0.903. The average Bonchev–Trinajstić information content (AvgIpc) is 2.49. The van der Waals surface area contributed by atoms with Crippen LogP contribution in [0.5, 0.6) is 11.5 Å². The molecule has 6 nitrogen and oxygen atoms in total. The summed E-state index contributed by atoms with van der Waals surface area (Å²) in [6.07, 6.45) is -0.578. The predicted molar refractivity (Wildman–Crippen MR) is 74.9 cm³/mol. The lowest BCUT2D eigenvalue weighted by Gasteiger charge is -2.29. The summed E-state index contributed by atoms with van der Waals surface area (Å²) in [5, 5.41) is 0. The van der Waals surface area contributed by atoms with E-state index < -0.39 is 6.10 Å². The van der Waals surface area contributed by atoms with E-state index in [4.69, 9.17) is 19.9 Å². The van der Waals surface area contributed by atoms with Crippen LogP contribution in [0.2, 0.25) is 0 Å². The van der Waals surface area contributed by atoms with Gasteiger partial charge in [0.05, 0.1) is 20.3 Å². The third kappa shape index (κ3) is 3.33. The Morgan fingerprint density at radius 3 is 2.70 bits per heavy atom. The second-order valence-electron chi connectivity index (χ2n) is 4.61. The van der Waals surface area contributed by atoms with Gasteiger partial charge in [-0.1, -0.05) is 0 Å². The van der Waals surface area contributed by atoms with Gasteiger partial charge in [0.1, 0.15) is 0 Å². The normalized spacial score (nSPS) is 16.6. The largest absolute Gasteiger partial charge is 0.493 e. The van der Waals surface area contributed by atoms with Gasteiger partial charge in [0, 0.05) is 24.8 Å². The van der Waals surface area contributed by atoms with E-state index in [0.717, 1.165) is 0 Å². The highest BCUT2D eigenvalue weighted by Gasteiger charge is 2.24. The monoisotopic (exact) mass is 280 g/mol. The van der Waals surface area contributed by atoms with Crippen LogP contribution in [0.4, 0.5) is 5.69 Å². The Morgan fingerprint density at radius 2 is 2.05 bits per heavy atom. The van der Waals surface area contributed by atoms with Crippen LogP contribution in [0, 0.1) is 0 Å². The second-order valence-corrected chi connectivity index (χ2v) is 4.61. The van der Waals surface area contributed by atoms with Crippen molar-refractivity contribution in [3.05, 3.63) is 18.2 Å². The van der Waals surface area contributed by atoms with Crippen LogP contribution < -0.4 is 15.2 Å². The SMILES string of the molecule is COc1cc(N)ccc1OC(C)C(=O)N1CCOCC1. The van der Waals surface area contributed by atoms with Crippen molar-refractivity contribution in [3.8, 4) is 11.5 Å². The van der Waals surface area contributed by atoms with Gasteiger partial charge in [-0.3, -0.25) is 4.79 Å². The molecule has 1 aromatic carbocycles. The zero-order chi connectivity index (χ0) is 14.5. The number of ether oxygens (including phenoxy) is 3. The maximum atomic E-state index is 12.2. The van der Waals surface area contributed by atoms with Crippen molar-refractivity contribution >= 4 is 11.6 Å². The number of nitrogens with zero attached hydrogens (tertiary/aromatic N) is 1. The van der Waals surface area contributed by atoms with E-state index in [0.29, 0.717) is 43.5 Å². The van der Waals surface area contributed by atoms with Crippen LogP contribution in [0.15, 0.2) is 18.2 Å². The quantitative estimate of drug-likeness (QED) is 0.830. The number of carbonyl (C=O) groups excluding carboxylic acids is 1. The Bertz CT molecular complexity index is 472. The van der Waals surface area contributed by atoms with Crippen molar-refractivity contribution < 1.29 is 19.0 Å². The Morgan fingerprint density at radius 1 is 1.35 bits per heavy atom. The van der Waals surface area contributed by atoms with E-state index in [9.17, 15) is 4.79 Å². The van der Waals surface area contributed by atoms with Crippen molar-refractivity contribution in [2.75, 3.05) is 39.1 Å². The molecule has 1 unspecified atom stereocenters. The molecule has 6 heteroatoms. The molecule has 2 rings (SSSR count). The van der Waals surface area contributed by atoms with E-state index in [1.54, 1.807) is 30.0 Å². The van der Waals surface area contributed by atoms with Crippen LogP contribution in [-0.2, 0) is 9.53 Å². The van der Waals surface area contributed by atoms with Gasteiger partial charge in [0.25, 0.3) is 5.91 Å². The van der Waals surface area contributed by atoms with Crippen LogP contribution in [0.25, 0.3) is 0 Å². The van der Waals surface area contributed by atoms with Crippen LogP contribution in [-0.4, -0.2) is 50.3 Å². The van der Waals surface area contributed by atoms with E-state index in [-0.39, 0.29) is 5.91 Å². The molecule has 1 saturated heterocycles. The lowest BCUT2D eigenvalue weighted by atomic mass is 10.2. The molecule has 0 radical (unpaired) electrons. The number of benzene rings is 1. The number of methoxy groups -OCH3 is 1. The summed E-state index contributed by atoms with van der Waals surface area (Å²) in [5.41, 5.74) is 6.27. The van der Waals surface area contributed by atoms with E-state index in [1.807, 2.05) is 0 Å². The Hall–Kier alpha value is -1.95. The number of anilines is 1. The zero-order valence-corrected chi connectivity index (χ0v) is 11.8. The molecule has 1 heterocycles. The highest BCUT2D eigenvalue weighted by atomic mass is 16.5. The van der Waals surface area contributed by atoms with Gasteiger partial charge in [-0.05, 0) is 19.1 Å². The van der Waals surface area contributed by atoms with Crippen molar-refractivity contribution in [2.24, 2.45) is 0 Å². The molecule has 1 amide bonds. The first-order valence-corrected chi connectivity index (χ1v) is 6.58. The molecule has 0 aromatic heterocycles. The number of hydrogen-bond donors (Lipinski definition) is 1. The van der Waals surface area contributed by atoms with Gasteiger partial charge in [0.2, 0.25) is 0 Å². The molecule has 1 aliphatic heterocycles. The molecular weight excluding hydrogens is 260 g/mol. The van der Waals surface area contributed by atoms with Gasteiger partial charge < -0.3 is 24.8 Å². The van der Waals surface area contributed by atoms with E-state index in [1.165, 1.54) is 7.11 Å². The van der Waals surface area contributed by atoms with Gasteiger partial charge in [0.15, 0.2) is 17.6 Å². The molecule has 0 spiro atoms. The Labute approximate surface area is 118 Å². The Kier molecular flexibility index (Phi) is 4.68. The minimum atomic E-state index is -0.578. The van der Waals surface area contributed by atoms with E-state index in [2.05, 4.69) is 0 Å². The molecular formula is C14H20N2O4. The number of nitrogens with two attached hydrogens (primary N) is 1. The fraction of sp³-hybridized carbons (Fsp3) is 0.500. The molecule has 1 fully saturated rings. The number of carbonyl (C=O) groups is 1. The molecule has 2 N–H and O–H groups in total. The highest BCUT2D eigenvalue weighted by molar-refractivity contribution is 5.81. The maximum Gasteiger partial charge on any atom is 0.263 e. The number of amides is 1. The van der Waals surface area contributed by atoms with Crippen LogP contribution in [0.3, 0.4) is 0 Å². The van der Waals surface area contributed by atoms with Gasteiger partial charge in [-0.25, -0.2) is 0 Å². The Balaban J connectivity index is 2.03. The van der Waals surface area contributed by atoms with Crippen molar-refractivity contribution in [2.45, 2.75) is 13.0 Å². The molecule has 110 valence electrons. The fourth-order valence-corrected chi connectivity index (χ4v) is 2.06. The molecule has 1 aliphatic rings. The van der Waals surface area contributed by atoms with Gasteiger partial charge in [-0.2, -0.15) is 0 Å². The standard InChI is InChI=1S/C14H20N2O4/c1-10(14(17)16-5-7-19-8-6-16)20-12-4-3-11(15)9-13(12)18-2/h3-4,9-10H,5-8,15H2,1-2H3. The maximum absolute atomic E-state index is 12.2.